The number of rotatable bonds is 6. The van der Waals surface area contributed by atoms with E-state index in [1.807, 2.05) is 18.2 Å². The third-order valence-corrected chi connectivity index (χ3v) is 7.95. The zero-order valence-corrected chi connectivity index (χ0v) is 18.3. The van der Waals surface area contributed by atoms with Crippen molar-refractivity contribution in [2.24, 2.45) is 0 Å². The number of fused-ring (bicyclic) bond motifs is 3. The lowest BCUT2D eigenvalue weighted by molar-refractivity contribution is 0.0951. The van der Waals surface area contributed by atoms with Gasteiger partial charge in [-0.1, -0.05) is 26.0 Å². The van der Waals surface area contributed by atoms with Crippen LogP contribution in [-0.2, 0) is 22.8 Å². The Kier molecular flexibility index (Phi) is 5.69. The van der Waals surface area contributed by atoms with Gasteiger partial charge < -0.3 is 10.3 Å². The fourth-order valence-electron chi connectivity index (χ4n) is 4.37. The van der Waals surface area contributed by atoms with Crippen LogP contribution in [0.2, 0.25) is 0 Å². The number of hydrogen-bond acceptors (Lipinski definition) is 3. The van der Waals surface area contributed by atoms with Crippen molar-refractivity contribution < 1.29 is 13.2 Å². The fraction of sp³-hybridized carbons (Fsp3) is 0.375. The van der Waals surface area contributed by atoms with Crippen LogP contribution in [0.15, 0.2) is 47.4 Å². The van der Waals surface area contributed by atoms with E-state index < -0.39 is 9.84 Å². The van der Waals surface area contributed by atoms with Crippen LogP contribution in [0, 0.1) is 0 Å². The third kappa shape index (κ3) is 3.88. The summed E-state index contributed by atoms with van der Waals surface area (Å²) in [6.45, 7) is 4.21. The zero-order valence-electron chi connectivity index (χ0n) is 17.5. The minimum Gasteiger partial charge on any atom is -0.358 e. The number of hydrogen-bond donors (Lipinski definition) is 2. The van der Waals surface area contributed by atoms with Gasteiger partial charge in [0.05, 0.1) is 10.6 Å². The predicted molar refractivity (Wildman–Crippen MR) is 120 cm³/mol. The second-order valence-corrected chi connectivity index (χ2v) is 10.3. The van der Waals surface area contributed by atoms with Crippen LogP contribution in [0.1, 0.15) is 66.2 Å². The molecule has 1 heterocycles. The van der Waals surface area contributed by atoms with Crippen LogP contribution in [0.3, 0.4) is 0 Å². The molecule has 0 fully saturated rings. The summed E-state index contributed by atoms with van der Waals surface area (Å²) in [5.41, 5.74) is 5.32. The molecule has 0 radical (unpaired) electrons. The number of carbonyl (C=O) groups excluding carboxylic acids is 1. The van der Waals surface area contributed by atoms with E-state index in [0.29, 0.717) is 22.9 Å². The number of sulfone groups is 1. The van der Waals surface area contributed by atoms with Gasteiger partial charge >= 0.3 is 0 Å². The van der Waals surface area contributed by atoms with Crippen molar-refractivity contribution in [2.45, 2.75) is 56.9 Å². The van der Waals surface area contributed by atoms with Gasteiger partial charge in [-0.2, -0.15) is 0 Å². The molecule has 4 rings (SSSR count). The highest BCUT2D eigenvalue weighted by Gasteiger charge is 2.23. The summed E-state index contributed by atoms with van der Waals surface area (Å²) in [5.74, 6) is 0.533. The zero-order chi connectivity index (χ0) is 21.3. The van der Waals surface area contributed by atoms with Gasteiger partial charge in [-0.25, -0.2) is 8.42 Å². The van der Waals surface area contributed by atoms with Crippen molar-refractivity contribution in [3.63, 3.8) is 0 Å². The van der Waals surface area contributed by atoms with E-state index in [4.69, 9.17) is 0 Å². The summed E-state index contributed by atoms with van der Waals surface area (Å²) in [6.07, 6.45) is 4.61. The molecule has 30 heavy (non-hydrogen) atoms. The molecule has 1 aliphatic rings. The minimum atomic E-state index is -3.21. The Morgan fingerprint density at radius 3 is 2.60 bits per heavy atom. The quantitative estimate of drug-likeness (QED) is 0.601. The molecule has 1 atom stereocenters. The Morgan fingerprint density at radius 1 is 1.13 bits per heavy atom. The maximum atomic E-state index is 12.7. The Morgan fingerprint density at radius 2 is 1.90 bits per heavy atom. The maximum absolute atomic E-state index is 12.7. The van der Waals surface area contributed by atoms with Gasteiger partial charge in [0, 0.05) is 28.7 Å². The van der Waals surface area contributed by atoms with Crippen LogP contribution in [0.25, 0.3) is 10.9 Å². The molecule has 6 heteroatoms. The lowest BCUT2D eigenvalue weighted by Crippen LogP contribution is -2.22. The maximum Gasteiger partial charge on any atom is 0.251 e. The highest BCUT2D eigenvalue weighted by atomic mass is 32.2. The first kappa shape index (κ1) is 20.7. The largest absolute Gasteiger partial charge is 0.358 e. The van der Waals surface area contributed by atoms with E-state index in [-0.39, 0.29) is 11.7 Å². The van der Waals surface area contributed by atoms with Gasteiger partial charge in [-0.3, -0.25) is 4.79 Å². The van der Waals surface area contributed by atoms with E-state index >= 15 is 0 Å². The van der Waals surface area contributed by atoms with Gasteiger partial charge in [0.1, 0.15) is 0 Å². The molecule has 1 aromatic heterocycles. The Bertz CT molecular complexity index is 1180. The summed E-state index contributed by atoms with van der Waals surface area (Å²) in [4.78, 5) is 16.6. The molecule has 1 unspecified atom stereocenters. The topological polar surface area (TPSA) is 79.0 Å². The molecule has 0 spiro atoms. The van der Waals surface area contributed by atoms with E-state index in [0.717, 1.165) is 29.3 Å². The van der Waals surface area contributed by atoms with Crippen molar-refractivity contribution in [3.05, 3.63) is 64.8 Å². The molecule has 0 saturated carbocycles. The first-order chi connectivity index (χ1) is 14.4. The number of aromatic amines is 1. The number of aromatic nitrogens is 1. The van der Waals surface area contributed by atoms with E-state index in [9.17, 15) is 13.2 Å². The van der Waals surface area contributed by atoms with Gasteiger partial charge in [0.25, 0.3) is 5.91 Å². The highest BCUT2D eigenvalue weighted by molar-refractivity contribution is 7.91. The molecule has 2 N–H and O–H groups in total. The number of carbonyl (C=O) groups is 1. The van der Waals surface area contributed by atoms with Gasteiger partial charge in [-0.05, 0) is 73.1 Å². The molecular formula is C24H28N2O3S. The van der Waals surface area contributed by atoms with Gasteiger partial charge in [-0.15, -0.1) is 0 Å². The summed E-state index contributed by atoms with van der Waals surface area (Å²) in [7, 11) is -3.21. The standard InChI is InChI=1S/C24H28N2O3S/c1-3-17-6-5-7-20-21-14-18(10-13-22(21)26-23(17)20)24(27)25-15-16-8-11-19(12-9-16)30(28,29)4-2/h8-14,17,26H,3-7,15H2,1-2H3,(H,25,27). The van der Waals surface area contributed by atoms with Crippen LogP contribution >= 0.6 is 0 Å². The summed E-state index contributed by atoms with van der Waals surface area (Å²) in [5, 5.41) is 4.10. The van der Waals surface area contributed by atoms with Crippen molar-refractivity contribution in [3.8, 4) is 0 Å². The van der Waals surface area contributed by atoms with E-state index in [1.54, 1.807) is 31.2 Å². The van der Waals surface area contributed by atoms with Crippen molar-refractivity contribution in [2.75, 3.05) is 5.75 Å². The average molecular weight is 425 g/mol. The first-order valence-electron chi connectivity index (χ1n) is 10.7. The molecule has 1 amide bonds. The molecule has 0 aliphatic heterocycles. The number of aryl methyl sites for hydroxylation is 1. The van der Waals surface area contributed by atoms with Crippen molar-refractivity contribution in [1.29, 1.82) is 0 Å². The first-order valence-corrected chi connectivity index (χ1v) is 12.3. The third-order valence-electron chi connectivity index (χ3n) is 6.20. The monoisotopic (exact) mass is 424 g/mol. The molecule has 158 valence electrons. The number of nitrogens with one attached hydrogen (secondary N) is 2. The Labute approximate surface area is 177 Å². The number of amides is 1. The molecule has 3 aromatic rings. The van der Waals surface area contributed by atoms with Crippen LogP contribution < -0.4 is 5.32 Å². The van der Waals surface area contributed by atoms with Crippen LogP contribution in [0.5, 0.6) is 0 Å². The second kappa shape index (κ2) is 8.26. The number of benzene rings is 2. The minimum absolute atomic E-state index is 0.0768. The van der Waals surface area contributed by atoms with Gasteiger partial charge in [0.2, 0.25) is 0 Å². The van der Waals surface area contributed by atoms with Crippen molar-refractivity contribution in [1.82, 2.24) is 10.3 Å². The molecule has 0 saturated heterocycles. The second-order valence-electron chi connectivity index (χ2n) is 8.01. The van der Waals surface area contributed by atoms with Crippen LogP contribution in [-0.4, -0.2) is 25.1 Å². The van der Waals surface area contributed by atoms with Crippen molar-refractivity contribution >= 4 is 26.6 Å². The average Bonchev–Trinajstić information content (AvgIpc) is 3.15. The Balaban J connectivity index is 1.50. The summed E-state index contributed by atoms with van der Waals surface area (Å²) >= 11 is 0. The highest BCUT2D eigenvalue weighted by Crippen LogP contribution is 2.37. The van der Waals surface area contributed by atoms with Crippen LogP contribution in [0.4, 0.5) is 0 Å². The van der Waals surface area contributed by atoms with E-state index in [1.165, 1.54) is 24.1 Å². The SMILES string of the molecule is CCC1CCCc2c1[nH]c1ccc(C(=O)NCc3ccc(S(=O)(=O)CC)cc3)cc21. The number of H-pyrrole nitrogens is 1. The van der Waals surface area contributed by atoms with Gasteiger partial charge in [0.15, 0.2) is 9.84 Å². The molecule has 5 nitrogen and oxygen atoms in total. The lowest BCUT2D eigenvalue weighted by atomic mass is 9.85. The molecule has 0 bridgehead atoms. The Hall–Kier alpha value is -2.60. The molecule has 2 aromatic carbocycles. The molecular weight excluding hydrogens is 396 g/mol. The van der Waals surface area contributed by atoms with E-state index in [2.05, 4.69) is 17.2 Å². The smallest absolute Gasteiger partial charge is 0.251 e. The summed E-state index contributed by atoms with van der Waals surface area (Å²) in [6, 6.07) is 12.6. The fourth-order valence-corrected chi connectivity index (χ4v) is 5.26. The molecule has 1 aliphatic carbocycles. The predicted octanol–water partition coefficient (Wildman–Crippen LogP) is 4.72. The lowest BCUT2D eigenvalue weighted by Gasteiger charge is -2.21. The normalized spacial score (nSPS) is 16.4. The summed E-state index contributed by atoms with van der Waals surface area (Å²) < 4.78 is 23.8.